The van der Waals surface area contributed by atoms with E-state index >= 15 is 0 Å². The fourth-order valence-electron chi connectivity index (χ4n) is 3.64. The molecule has 1 heterocycles. The maximum atomic E-state index is 13.1. The highest BCUT2D eigenvalue weighted by atomic mass is 16.5. The average Bonchev–Trinajstić information content (AvgIpc) is 2.68. The number of nitrogens with zero attached hydrogens (tertiary/aromatic N) is 1. The Labute approximate surface area is 157 Å². The fourth-order valence-corrected chi connectivity index (χ4v) is 3.64. The van der Waals surface area contributed by atoms with Crippen molar-refractivity contribution in [2.75, 3.05) is 31.2 Å². The van der Waals surface area contributed by atoms with Crippen molar-refractivity contribution in [1.82, 2.24) is 0 Å². The molecule has 1 saturated heterocycles. The molecule has 2 aromatic rings. The van der Waals surface area contributed by atoms with Crippen LogP contribution in [-0.4, -0.2) is 32.1 Å². The van der Waals surface area contributed by atoms with Crippen molar-refractivity contribution in [3.8, 4) is 0 Å². The van der Waals surface area contributed by atoms with Crippen LogP contribution in [0.1, 0.15) is 36.2 Å². The van der Waals surface area contributed by atoms with Crippen molar-refractivity contribution in [2.24, 2.45) is 11.8 Å². The molecule has 1 atom stereocenters. The third-order valence-electron chi connectivity index (χ3n) is 4.98. The Kier molecular flexibility index (Phi) is 6.45. The summed E-state index contributed by atoms with van der Waals surface area (Å²) < 4.78 is 5.41. The van der Waals surface area contributed by atoms with Crippen molar-refractivity contribution in [1.29, 1.82) is 0 Å². The Morgan fingerprint density at radius 1 is 1.00 bits per heavy atom. The molecule has 0 saturated carbocycles. The van der Waals surface area contributed by atoms with Gasteiger partial charge in [-0.3, -0.25) is 4.79 Å². The lowest BCUT2D eigenvalue weighted by Crippen LogP contribution is -2.36. The van der Waals surface area contributed by atoms with Crippen LogP contribution in [0.3, 0.4) is 0 Å². The van der Waals surface area contributed by atoms with Crippen LogP contribution in [0.15, 0.2) is 54.6 Å². The molecular formula is C23H29NO2. The minimum absolute atomic E-state index is 0.0339. The lowest BCUT2D eigenvalue weighted by Gasteiger charge is -2.29. The number of hydrogen-bond acceptors (Lipinski definition) is 3. The summed E-state index contributed by atoms with van der Waals surface area (Å²) in [4.78, 5) is 15.5. The molecule has 1 aliphatic heterocycles. The Balaban J connectivity index is 1.73. The SMILES string of the molecule is CC(C)CC(Cc1ccccc1)C(=O)c1ccc(N2CCOCC2)cc1. The minimum Gasteiger partial charge on any atom is -0.378 e. The number of carbonyl (C=O) groups is 1. The molecule has 3 rings (SSSR count). The van der Waals surface area contributed by atoms with Crippen molar-refractivity contribution in [2.45, 2.75) is 26.7 Å². The first-order valence-electron chi connectivity index (χ1n) is 9.64. The molecule has 3 heteroatoms. The van der Waals surface area contributed by atoms with E-state index in [1.165, 1.54) is 11.3 Å². The summed E-state index contributed by atoms with van der Waals surface area (Å²) in [6.07, 6.45) is 1.72. The number of hydrogen-bond donors (Lipinski definition) is 0. The monoisotopic (exact) mass is 351 g/mol. The molecule has 138 valence electrons. The number of ketones is 1. The molecule has 0 radical (unpaired) electrons. The summed E-state index contributed by atoms with van der Waals surface area (Å²) in [7, 11) is 0. The highest BCUT2D eigenvalue weighted by Gasteiger charge is 2.22. The molecule has 0 amide bonds. The third-order valence-corrected chi connectivity index (χ3v) is 4.98. The molecule has 0 N–H and O–H groups in total. The van der Waals surface area contributed by atoms with Gasteiger partial charge in [-0.1, -0.05) is 44.2 Å². The average molecular weight is 351 g/mol. The highest BCUT2D eigenvalue weighted by molar-refractivity contribution is 5.98. The van der Waals surface area contributed by atoms with E-state index in [2.05, 4.69) is 43.0 Å². The normalized spacial score (nSPS) is 15.9. The Morgan fingerprint density at radius 2 is 1.65 bits per heavy atom. The van der Waals surface area contributed by atoms with E-state index in [-0.39, 0.29) is 11.7 Å². The van der Waals surface area contributed by atoms with Crippen LogP contribution in [-0.2, 0) is 11.2 Å². The van der Waals surface area contributed by atoms with Gasteiger partial charge in [0.2, 0.25) is 0 Å². The van der Waals surface area contributed by atoms with Gasteiger partial charge in [-0.25, -0.2) is 0 Å². The lowest BCUT2D eigenvalue weighted by molar-refractivity contribution is 0.0902. The number of rotatable bonds is 7. The number of benzene rings is 2. The Hall–Kier alpha value is -2.13. The molecule has 2 aromatic carbocycles. The van der Waals surface area contributed by atoms with E-state index in [0.717, 1.165) is 44.7 Å². The molecule has 1 fully saturated rings. The molecule has 26 heavy (non-hydrogen) atoms. The minimum atomic E-state index is 0.0339. The third kappa shape index (κ3) is 4.95. The topological polar surface area (TPSA) is 29.5 Å². The number of Topliss-reactive ketones (excluding diaryl/α,β-unsaturated/α-hetero) is 1. The molecule has 1 aliphatic rings. The predicted octanol–water partition coefficient (Wildman–Crippen LogP) is 4.61. The van der Waals surface area contributed by atoms with Crippen LogP contribution in [0.25, 0.3) is 0 Å². The molecule has 0 bridgehead atoms. The predicted molar refractivity (Wildman–Crippen MR) is 107 cm³/mol. The van der Waals surface area contributed by atoms with E-state index in [4.69, 9.17) is 4.74 Å². The summed E-state index contributed by atoms with van der Waals surface area (Å²) in [6.45, 7) is 7.75. The number of morpholine rings is 1. The quantitative estimate of drug-likeness (QED) is 0.682. The van der Waals surface area contributed by atoms with Gasteiger partial charge >= 0.3 is 0 Å². The summed E-state index contributed by atoms with van der Waals surface area (Å²) in [5, 5.41) is 0. The molecule has 0 aliphatic carbocycles. The number of carbonyl (C=O) groups excluding carboxylic acids is 1. The maximum absolute atomic E-state index is 13.1. The standard InChI is InChI=1S/C23H29NO2/c1-18(2)16-21(17-19-6-4-3-5-7-19)23(25)20-8-10-22(11-9-20)24-12-14-26-15-13-24/h3-11,18,21H,12-17H2,1-2H3. The highest BCUT2D eigenvalue weighted by Crippen LogP contribution is 2.24. The first-order chi connectivity index (χ1) is 12.6. The van der Waals surface area contributed by atoms with Gasteiger partial charge < -0.3 is 9.64 Å². The zero-order valence-electron chi connectivity index (χ0n) is 15.9. The van der Waals surface area contributed by atoms with E-state index in [0.29, 0.717) is 5.92 Å². The first kappa shape index (κ1) is 18.7. The van der Waals surface area contributed by atoms with Gasteiger partial charge in [-0.15, -0.1) is 0 Å². The van der Waals surface area contributed by atoms with Crippen LogP contribution in [0.4, 0.5) is 5.69 Å². The van der Waals surface area contributed by atoms with Crippen LogP contribution < -0.4 is 4.90 Å². The Bertz CT molecular complexity index is 688. The van der Waals surface area contributed by atoms with Gasteiger partial charge in [0.25, 0.3) is 0 Å². The maximum Gasteiger partial charge on any atom is 0.166 e. The summed E-state index contributed by atoms with van der Waals surface area (Å²) in [5.74, 6) is 0.794. The molecule has 0 aromatic heterocycles. The summed E-state index contributed by atoms with van der Waals surface area (Å²) in [6, 6.07) is 18.5. The number of ether oxygens (including phenoxy) is 1. The van der Waals surface area contributed by atoms with E-state index < -0.39 is 0 Å². The second-order valence-electron chi connectivity index (χ2n) is 7.53. The van der Waals surface area contributed by atoms with E-state index in [1.54, 1.807) is 0 Å². The second kappa shape index (κ2) is 9.00. The summed E-state index contributed by atoms with van der Waals surface area (Å²) in [5.41, 5.74) is 3.23. The van der Waals surface area contributed by atoms with Gasteiger partial charge in [0.1, 0.15) is 0 Å². The van der Waals surface area contributed by atoms with Gasteiger partial charge in [0.15, 0.2) is 5.78 Å². The van der Waals surface area contributed by atoms with E-state index in [9.17, 15) is 4.79 Å². The zero-order chi connectivity index (χ0) is 18.4. The van der Waals surface area contributed by atoms with E-state index in [1.807, 2.05) is 30.3 Å². The van der Waals surface area contributed by atoms with Crippen molar-refractivity contribution < 1.29 is 9.53 Å². The van der Waals surface area contributed by atoms with Gasteiger partial charge in [0, 0.05) is 30.3 Å². The second-order valence-corrected chi connectivity index (χ2v) is 7.53. The molecule has 1 unspecified atom stereocenters. The first-order valence-corrected chi connectivity index (χ1v) is 9.64. The largest absolute Gasteiger partial charge is 0.378 e. The van der Waals surface area contributed by atoms with Gasteiger partial charge in [0.05, 0.1) is 13.2 Å². The number of anilines is 1. The molecular weight excluding hydrogens is 322 g/mol. The van der Waals surface area contributed by atoms with Crippen molar-refractivity contribution in [3.05, 3.63) is 65.7 Å². The van der Waals surface area contributed by atoms with Gasteiger partial charge in [-0.2, -0.15) is 0 Å². The molecule has 0 spiro atoms. The Morgan fingerprint density at radius 3 is 2.27 bits per heavy atom. The fraction of sp³-hybridized carbons (Fsp3) is 0.435. The van der Waals surface area contributed by atoms with Crippen molar-refractivity contribution >= 4 is 11.5 Å². The van der Waals surface area contributed by atoms with Crippen LogP contribution in [0, 0.1) is 11.8 Å². The lowest BCUT2D eigenvalue weighted by atomic mass is 9.85. The van der Waals surface area contributed by atoms with Crippen molar-refractivity contribution in [3.63, 3.8) is 0 Å². The van der Waals surface area contributed by atoms with Gasteiger partial charge in [-0.05, 0) is 48.6 Å². The van der Waals surface area contributed by atoms with Crippen LogP contribution >= 0.6 is 0 Å². The molecule has 3 nitrogen and oxygen atoms in total. The van der Waals surface area contributed by atoms with Crippen LogP contribution in [0.2, 0.25) is 0 Å². The zero-order valence-corrected chi connectivity index (χ0v) is 15.9. The van der Waals surface area contributed by atoms with Crippen LogP contribution in [0.5, 0.6) is 0 Å². The smallest absolute Gasteiger partial charge is 0.166 e. The summed E-state index contributed by atoms with van der Waals surface area (Å²) >= 11 is 0.